The van der Waals surface area contributed by atoms with Gasteiger partial charge in [0.1, 0.15) is 11.1 Å². The van der Waals surface area contributed by atoms with E-state index in [-0.39, 0.29) is 11.3 Å². The molecule has 0 aliphatic rings. The molecule has 0 saturated carbocycles. The summed E-state index contributed by atoms with van der Waals surface area (Å²) in [6.45, 7) is 2.03. The fraction of sp³-hybridized carbons (Fsp3) is 0.200. The van der Waals surface area contributed by atoms with Gasteiger partial charge in [-0.3, -0.25) is 4.98 Å². The number of aromatic nitrogens is 1. The van der Waals surface area contributed by atoms with Crippen LogP contribution >= 0.6 is 0 Å². The number of anilines is 1. The summed E-state index contributed by atoms with van der Waals surface area (Å²) in [6, 6.07) is 1.66. The second kappa shape index (κ2) is 3.61. The zero-order valence-corrected chi connectivity index (χ0v) is 8.19. The van der Waals surface area contributed by atoms with Gasteiger partial charge in [0.15, 0.2) is 5.58 Å². The highest BCUT2D eigenvalue weighted by Gasteiger charge is 2.18. The van der Waals surface area contributed by atoms with E-state index in [1.54, 1.807) is 13.0 Å². The zero-order valence-electron chi connectivity index (χ0n) is 8.19. The molecule has 0 atom stereocenters. The van der Waals surface area contributed by atoms with E-state index in [0.29, 0.717) is 17.7 Å². The first-order chi connectivity index (χ1) is 7.24. The van der Waals surface area contributed by atoms with E-state index in [1.807, 2.05) is 0 Å². The average molecular weight is 206 g/mol. The fourth-order valence-corrected chi connectivity index (χ4v) is 1.34. The lowest BCUT2D eigenvalue weighted by Crippen LogP contribution is -2.08. The Balaban J connectivity index is 2.61. The number of hydrogen-bond acceptors (Lipinski definition) is 5. The first-order valence-electron chi connectivity index (χ1n) is 4.53. The summed E-state index contributed by atoms with van der Waals surface area (Å²) >= 11 is 0. The molecule has 0 unspecified atom stereocenters. The molecular weight excluding hydrogens is 196 g/mol. The number of nitrogens with zero attached hydrogens (tertiary/aromatic N) is 1. The van der Waals surface area contributed by atoms with Gasteiger partial charge in [-0.1, -0.05) is 0 Å². The van der Waals surface area contributed by atoms with E-state index >= 15 is 0 Å². The topological polar surface area (TPSA) is 78.4 Å². The monoisotopic (exact) mass is 206 g/mol. The van der Waals surface area contributed by atoms with Crippen LogP contribution in [0.5, 0.6) is 0 Å². The molecule has 0 radical (unpaired) electrons. The molecule has 2 aromatic rings. The molecule has 0 aliphatic heterocycles. The summed E-state index contributed by atoms with van der Waals surface area (Å²) in [4.78, 5) is 15.6. The predicted molar refractivity (Wildman–Crippen MR) is 54.4 cm³/mol. The SMILES string of the molecule is CCOC(=O)c1c(N)cnc2ccoc12. The fourth-order valence-electron chi connectivity index (χ4n) is 1.34. The summed E-state index contributed by atoms with van der Waals surface area (Å²) in [5, 5.41) is 0. The summed E-state index contributed by atoms with van der Waals surface area (Å²) < 4.78 is 10.0. The number of ether oxygens (including phenoxy) is 1. The number of fused-ring (bicyclic) bond motifs is 1. The van der Waals surface area contributed by atoms with Crippen LogP contribution in [-0.4, -0.2) is 17.6 Å². The van der Waals surface area contributed by atoms with Crippen molar-refractivity contribution in [2.45, 2.75) is 6.92 Å². The number of nitrogen functional groups attached to an aromatic ring is 1. The number of esters is 1. The third kappa shape index (κ3) is 1.52. The minimum Gasteiger partial charge on any atom is -0.462 e. The summed E-state index contributed by atoms with van der Waals surface area (Å²) in [5.41, 5.74) is 7.12. The molecule has 0 fully saturated rings. The first-order valence-corrected chi connectivity index (χ1v) is 4.53. The Labute approximate surface area is 85.8 Å². The Kier molecular flexibility index (Phi) is 2.29. The van der Waals surface area contributed by atoms with Gasteiger partial charge in [0.05, 0.1) is 24.8 Å². The average Bonchev–Trinajstić information content (AvgIpc) is 2.65. The third-order valence-corrected chi connectivity index (χ3v) is 1.98. The third-order valence-electron chi connectivity index (χ3n) is 1.98. The van der Waals surface area contributed by atoms with Gasteiger partial charge in [0.2, 0.25) is 0 Å². The van der Waals surface area contributed by atoms with Crippen LogP contribution in [0.15, 0.2) is 22.9 Å². The number of nitrogens with two attached hydrogens (primary N) is 1. The van der Waals surface area contributed by atoms with Crippen molar-refractivity contribution in [3.63, 3.8) is 0 Å². The second-order valence-electron chi connectivity index (χ2n) is 2.94. The van der Waals surface area contributed by atoms with Crippen LogP contribution in [0.25, 0.3) is 11.1 Å². The van der Waals surface area contributed by atoms with Crippen molar-refractivity contribution in [2.24, 2.45) is 0 Å². The van der Waals surface area contributed by atoms with Gasteiger partial charge < -0.3 is 14.9 Å². The van der Waals surface area contributed by atoms with Crippen LogP contribution in [0, 0.1) is 0 Å². The van der Waals surface area contributed by atoms with Gasteiger partial charge in [-0.25, -0.2) is 4.79 Å². The van der Waals surface area contributed by atoms with Crippen molar-refractivity contribution in [1.82, 2.24) is 4.98 Å². The van der Waals surface area contributed by atoms with Gasteiger partial charge in [-0.05, 0) is 6.92 Å². The largest absolute Gasteiger partial charge is 0.462 e. The van der Waals surface area contributed by atoms with E-state index in [0.717, 1.165) is 0 Å². The molecule has 2 aromatic heterocycles. The lowest BCUT2D eigenvalue weighted by atomic mass is 10.2. The maximum absolute atomic E-state index is 11.6. The Morgan fingerprint density at radius 3 is 3.20 bits per heavy atom. The van der Waals surface area contributed by atoms with Crippen LogP contribution in [0.2, 0.25) is 0 Å². The highest BCUT2D eigenvalue weighted by Crippen LogP contribution is 2.23. The van der Waals surface area contributed by atoms with E-state index in [4.69, 9.17) is 14.9 Å². The molecule has 0 aliphatic carbocycles. The number of hydrogen-bond donors (Lipinski definition) is 1. The molecular formula is C10H10N2O3. The zero-order chi connectivity index (χ0) is 10.8. The van der Waals surface area contributed by atoms with E-state index in [2.05, 4.69) is 4.98 Å². The van der Waals surface area contributed by atoms with Gasteiger partial charge in [-0.15, -0.1) is 0 Å². The Hall–Kier alpha value is -2.04. The van der Waals surface area contributed by atoms with Crippen LogP contribution in [0.4, 0.5) is 5.69 Å². The van der Waals surface area contributed by atoms with Crippen molar-refractivity contribution in [2.75, 3.05) is 12.3 Å². The van der Waals surface area contributed by atoms with E-state index in [9.17, 15) is 4.79 Å². The van der Waals surface area contributed by atoms with Crippen LogP contribution in [0.1, 0.15) is 17.3 Å². The molecule has 2 N–H and O–H groups in total. The molecule has 0 bridgehead atoms. The second-order valence-corrected chi connectivity index (χ2v) is 2.94. The predicted octanol–water partition coefficient (Wildman–Crippen LogP) is 1.59. The molecule has 2 rings (SSSR count). The van der Waals surface area contributed by atoms with Gasteiger partial charge >= 0.3 is 5.97 Å². The van der Waals surface area contributed by atoms with Crippen molar-refractivity contribution in [1.29, 1.82) is 0 Å². The van der Waals surface area contributed by atoms with Crippen molar-refractivity contribution >= 4 is 22.8 Å². The molecule has 15 heavy (non-hydrogen) atoms. The number of carbonyl (C=O) groups excluding carboxylic acids is 1. The summed E-state index contributed by atoms with van der Waals surface area (Å²) in [7, 11) is 0. The molecule has 0 spiro atoms. The molecule has 78 valence electrons. The van der Waals surface area contributed by atoms with Crippen molar-refractivity contribution in [3.8, 4) is 0 Å². The number of pyridine rings is 1. The maximum atomic E-state index is 11.6. The minimum atomic E-state index is -0.489. The highest BCUT2D eigenvalue weighted by molar-refractivity contribution is 6.05. The van der Waals surface area contributed by atoms with Gasteiger partial charge in [-0.2, -0.15) is 0 Å². The lowest BCUT2D eigenvalue weighted by molar-refractivity contribution is 0.0528. The lowest BCUT2D eigenvalue weighted by Gasteiger charge is -2.04. The van der Waals surface area contributed by atoms with Gasteiger partial charge in [0.25, 0.3) is 0 Å². The van der Waals surface area contributed by atoms with E-state index < -0.39 is 5.97 Å². The van der Waals surface area contributed by atoms with Crippen molar-refractivity contribution in [3.05, 3.63) is 24.1 Å². The first kappa shape index (κ1) is 9.51. The molecule has 5 heteroatoms. The molecule has 0 amide bonds. The Morgan fingerprint density at radius 1 is 1.67 bits per heavy atom. The van der Waals surface area contributed by atoms with Crippen LogP contribution < -0.4 is 5.73 Å². The maximum Gasteiger partial charge on any atom is 0.344 e. The number of rotatable bonds is 2. The van der Waals surface area contributed by atoms with Crippen LogP contribution in [0.3, 0.4) is 0 Å². The highest BCUT2D eigenvalue weighted by atomic mass is 16.5. The normalized spacial score (nSPS) is 10.5. The molecule has 2 heterocycles. The smallest absolute Gasteiger partial charge is 0.344 e. The Bertz CT molecular complexity index is 504. The Morgan fingerprint density at radius 2 is 2.47 bits per heavy atom. The standard InChI is InChI=1S/C10H10N2O3/c1-2-14-10(13)8-6(11)5-12-7-3-4-15-9(7)8/h3-5H,2,11H2,1H3. The summed E-state index contributed by atoms with van der Waals surface area (Å²) in [5.74, 6) is -0.489. The molecule has 5 nitrogen and oxygen atoms in total. The van der Waals surface area contributed by atoms with Crippen molar-refractivity contribution < 1.29 is 13.9 Å². The quantitative estimate of drug-likeness (QED) is 0.755. The minimum absolute atomic E-state index is 0.242. The van der Waals surface area contributed by atoms with Gasteiger partial charge in [0, 0.05) is 6.07 Å². The molecule has 0 aromatic carbocycles. The van der Waals surface area contributed by atoms with Crippen LogP contribution in [-0.2, 0) is 4.74 Å². The number of carbonyl (C=O) groups is 1. The summed E-state index contributed by atoms with van der Waals surface area (Å²) in [6.07, 6.45) is 2.88. The van der Waals surface area contributed by atoms with E-state index in [1.165, 1.54) is 12.5 Å². The molecule has 0 saturated heterocycles. The number of furan rings is 1.